The molecule has 1 fully saturated rings. The van der Waals surface area contributed by atoms with Gasteiger partial charge in [0.2, 0.25) is 5.91 Å². The first kappa shape index (κ1) is 28.5. The Balaban J connectivity index is 1.48. The number of hydrogen-bond acceptors (Lipinski definition) is 10. The summed E-state index contributed by atoms with van der Waals surface area (Å²) in [5, 5.41) is 46.8. The highest BCUT2D eigenvalue weighted by Gasteiger charge is 2.62. The standard InChI is InChI=1S/C30H32N2O9/c1-2-41-22(35)13-32-12-14-3-5-15(6-4-14)18-7-8-20(33)24-19(18)10-16-9-17-11-21(34)25(29(31)39)28(38)30(17,40)27(37)23(16)26(24)36/h3-8,16-17,21,25,32-34,37,40H,2,9-13H2,1H3,(H2,31,39)/t16-,17+,21?,25?,30+/m1/s1. The molecule has 0 saturated heterocycles. The summed E-state index contributed by atoms with van der Waals surface area (Å²) < 4.78 is 4.90. The van der Waals surface area contributed by atoms with Gasteiger partial charge in [-0.15, -0.1) is 0 Å². The van der Waals surface area contributed by atoms with Crippen LogP contribution >= 0.6 is 0 Å². The lowest BCUT2D eigenvalue weighted by atomic mass is 9.57. The fraction of sp³-hybridized carbons (Fsp3) is 0.400. The normalized spacial score (nSPS) is 27.1. The number of nitrogens with one attached hydrogen (secondary N) is 1. The Bertz CT molecular complexity index is 1470. The molecule has 5 rings (SSSR count). The van der Waals surface area contributed by atoms with Crippen LogP contribution in [0.5, 0.6) is 5.75 Å². The molecule has 0 aromatic heterocycles. The summed E-state index contributed by atoms with van der Waals surface area (Å²) in [6, 6.07) is 10.6. The number of rotatable bonds is 7. The summed E-state index contributed by atoms with van der Waals surface area (Å²) in [6.07, 6.45) is -1.27. The first-order chi connectivity index (χ1) is 19.5. The molecule has 216 valence electrons. The molecule has 1 saturated carbocycles. The number of fused-ring (bicyclic) bond motifs is 3. The quantitative estimate of drug-likeness (QED) is 0.209. The molecule has 5 atom stereocenters. The number of primary amides is 1. The number of esters is 1. The second-order valence-electron chi connectivity index (χ2n) is 10.8. The lowest BCUT2D eigenvalue weighted by Gasteiger charge is -2.48. The van der Waals surface area contributed by atoms with Crippen LogP contribution in [0, 0.1) is 17.8 Å². The van der Waals surface area contributed by atoms with Crippen LogP contribution in [0.25, 0.3) is 11.1 Å². The largest absolute Gasteiger partial charge is 0.508 e. The maximum absolute atomic E-state index is 13.8. The van der Waals surface area contributed by atoms with Crippen molar-refractivity contribution in [3.05, 3.63) is 64.4 Å². The van der Waals surface area contributed by atoms with Crippen LogP contribution < -0.4 is 11.1 Å². The summed E-state index contributed by atoms with van der Waals surface area (Å²) in [4.78, 5) is 50.3. The number of carbonyl (C=O) groups excluding carboxylic acids is 4. The molecule has 7 N–H and O–H groups in total. The van der Waals surface area contributed by atoms with Gasteiger partial charge in [-0.05, 0) is 60.4 Å². The molecule has 3 aliphatic carbocycles. The van der Waals surface area contributed by atoms with Gasteiger partial charge in [0.1, 0.15) is 17.4 Å². The van der Waals surface area contributed by atoms with Crippen molar-refractivity contribution in [2.24, 2.45) is 23.5 Å². The number of phenolic OH excluding ortho intramolecular Hbond substituents is 1. The van der Waals surface area contributed by atoms with E-state index in [0.717, 1.165) is 11.1 Å². The minimum atomic E-state index is -2.54. The second-order valence-corrected chi connectivity index (χ2v) is 10.8. The van der Waals surface area contributed by atoms with E-state index in [1.54, 1.807) is 13.0 Å². The Kier molecular flexibility index (Phi) is 7.45. The number of aromatic hydroxyl groups is 1. The number of Topliss-reactive ketones (excluding diaryl/α,β-unsaturated/α-hetero) is 2. The maximum atomic E-state index is 13.8. The molecule has 41 heavy (non-hydrogen) atoms. The van der Waals surface area contributed by atoms with Crippen LogP contribution in [0.4, 0.5) is 0 Å². The number of ketones is 2. The van der Waals surface area contributed by atoms with Crippen LogP contribution in [-0.2, 0) is 32.1 Å². The molecule has 2 unspecified atom stereocenters. The van der Waals surface area contributed by atoms with Crippen molar-refractivity contribution < 1.29 is 44.3 Å². The van der Waals surface area contributed by atoms with Gasteiger partial charge in [-0.25, -0.2) is 0 Å². The first-order valence-electron chi connectivity index (χ1n) is 13.5. The van der Waals surface area contributed by atoms with Gasteiger partial charge < -0.3 is 36.2 Å². The molecular weight excluding hydrogens is 532 g/mol. The number of phenols is 1. The minimum absolute atomic E-state index is 0.0303. The number of carbonyl (C=O) groups is 4. The molecule has 2 aromatic carbocycles. The first-order valence-corrected chi connectivity index (χ1v) is 13.5. The van der Waals surface area contributed by atoms with Crippen molar-refractivity contribution >= 4 is 23.4 Å². The van der Waals surface area contributed by atoms with Gasteiger partial charge in [-0.2, -0.15) is 0 Å². The number of benzene rings is 2. The van der Waals surface area contributed by atoms with E-state index in [1.165, 1.54) is 6.07 Å². The Morgan fingerprint density at radius 3 is 2.46 bits per heavy atom. The third-order valence-corrected chi connectivity index (χ3v) is 8.44. The topological polar surface area (TPSA) is 196 Å². The van der Waals surface area contributed by atoms with Crippen LogP contribution in [0.2, 0.25) is 0 Å². The third-order valence-electron chi connectivity index (χ3n) is 8.44. The summed E-state index contributed by atoms with van der Waals surface area (Å²) in [7, 11) is 0. The Hall–Kier alpha value is -4.06. The lowest BCUT2D eigenvalue weighted by molar-refractivity contribution is -0.167. The zero-order chi connectivity index (χ0) is 29.6. The van der Waals surface area contributed by atoms with Crippen molar-refractivity contribution in [1.29, 1.82) is 0 Å². The van der Waals surface area contributed by atoms with E-state index in [0.29, 0.717) is 24.3 Å². The minimum Gasteiger partial charge on any atom is -0.508 e. The number of aliphatic hydroxyl groups excluding tert-OH is 2. The van der Waals surface area contributed by atoms with Crippen molar-refractivity contribution in [2.45, 2.75) is 44.4 Å². The van der Waals surface area contributed by atoms with E-state index in [9.17, 15) is 39.6 Å². The highest BCUT2D eigenvalue weighted by atomic mass is 16.5. The predicted molar refractivity (Wildman–Crippen MR) is 144 cm³/mol. The molecule has 1 amide bonds. The van der Waals surface area contributed by atoms with Gasteiger partial charge >= 0.3 is 5.97 Å². The molecule has 2 aromatic rings. The van der Waals surface area contributed by atoms with Gasteiger partial charge in [-0.1, -0.05) is 30.3 Å². The van der Waals surface area contributed by atoms with E-state index in [1.807, 2.05) is 24.3 Å². The summed E-state index contributed by atoms with van der Waals surface area (Å²) in [6.45, 7) is 2.56. The van der Waals surface area contributed by atoms with Crippen molar-refractivity contribution in [3.63, 3.8) is 0 Å². The number of allylic oxidation sites excluding steroid dienone is 1. The fourth-order valence-corrected chi connectivity index (χ4v) is 6.52. The smallest absolute Gasteiger partial charge is 0.319 e. The Morgan fingerprint density at radius 1 is 1.10 bits per heavy atom. The fourth-order valence-electron chi connectivity index (χ4n) is 6.52. The number of aliphatic hydroxyl groups is 3. The van der Waals surface area contributed by atoms with Crippen LogP contribution in [0.3, 0.4) is 0 Å². The summed E-state index contributed by atoms with van der Waals surface area (Å²) >= 11 is 0. The second kappa shape index (κ2) is 10.7. The molecule has 0 heterocycles. The summed E-state index contributed by atoms with van der Waals surface area (Å²) in [5.74, 6) is -7.72. The average Bonchev–Trinajstić information content (AvgIpc) is 2.91. The van der Waals surface area contributed by atoms with Crippen LogP contribution in [-0.4, -0.2) is 68.7 Å². The van der Waals surface area contributed by atoms with Gasteiger partial charge in [0.25, 0.3) is 0 Å². The maximum Gasteiger partial charge on any atom is 0.319 e. The van der Waals surface area contributed by atoms with Crippen molar-refractivity contribution in [2.75, 3.05) is 13.2 Å². The van der Waals surface area contributed by atoms with E-state index in [4.69, 9.17) is 10.5 Å². The molecule has 3 aliphatic rings. The van der Waals surface area contributed by atoms with E-state index >= 15 is 0 Å². The zero-order valence-electron chi connectivity index (χ0n) is 22.4. The molecule has 11 heteroatoms. The SMILES string of the molecule is CCOC(=O)CNCc1ccc(-c2ccc(O)c3c2C[C@H]2C[C@H]4CC(O)C(C(N)=O)C(=O)[C@@]4(O)C(O)=C2C3=O)cc1. The number of hydrogen-bond donors (Lipinski definition) is 6. The van der Waals surface area contributed by atoms with Crippen LogP contribution in [0.15, 0.2) is 47.7 Å². The highest BCUT2D eigenvalue weighted by molar-refractivity contribution is 6.16. The third kappa shape index (κ3) is 4.69. The molecule has 0 aliphatic heterocycles. The Labute approximate surface area is 235 Å². The highest BCUT2D eigenvalue weighted by Crippen LogP contribution is 2.52. The molecule has 11 nitrogen and oxygen atoms in total. The molecule has 0 spiro atoms. The molecular formula is C30H32N2O9. The van der Waals surface area contributed by atoms with Gasteiger partial charge in [0.05, 0.1) is 24.8 Å². The van der Waals surface area contributed by atoms with Gasteiger partial charge in [-0.3, -0.25) is 19.2 Å². The zero-order valence-corrected chi connectivity index (χ0v) is 22.4. The monoisotopic (exact) mass is 564 g/mol. The van der Waals surface area contributed by atoms with Gasteiger partial charge in [0, 0.05) is 18.0 Å². The lowest BCUT2D eigenvalue weighted by Crippen LogP contribution is -2.63. The van der Waals surface area contributed by atoms with Crippen molar-refractivity contribution in [1.82, 2.24) is 5.32 Å². The van der Waals surface area contributed by atoms with Crippen LogP contribution in [0.1, 0.15) is 41.3 Å². The predicted octanol–water partition coefficient (Wildman–Crippen LogP) is 1.07. The Morgan fingerprint density at radius 2 is 1.80 bits per heavy atom. The summed E-state index contributed by atoms with van der Waals surface area (Å²) in [5.41, 5.74) is 5.50. The average molecular weight is 565 g/mol. The molecule has 0 radical (unpaired) electrons. The van der Waals surface area contributed by atoms with Gasteiger partial charge in [0.15, 0.2) is 17.2 Å². The van der Waals surface area contributed by atoms with E-state index in [-0.39, 0.29) is 48.7 Å². The van der Waals surface area contributed by atoms with E-state index < -0.39 is 52.7 Å². The van der Waals surface area contributed by atoms with E-state index in [2.05, 4.69) is 5.32 Å². The molecule has 0 bridgehead atoms. The van der Waals surface area contributed by atoms with Crippen molar-refractivity contribution in [3.8, 4) is 16.9 Å². The number of ether oxygens (including phenoxy) is 1. The number of nitrogens with two attached hydrogens (primary N) is 1. The number of amides is 1.